The van der Waals surface area contributed by atoms with Crippen molar-refractivity contribution in [2.24, 2.45) is 5.92 Å². The predicted molar refractivity (Wildman–Crippen MR) is 195 cm³/mol. The molecule has 4 atom stereocenters. The molecule has 3 aromatic carbocycles. The monoisotopic (exact) mass is 723 g/mol. The summed E-state index contributed by atoms with van der Waals surface area (Å²) < 4.78 is 53.5. The van der Waals surface area contributed by atoms with Gasteiger partial charge in [-0.3, -0.25) is 4.79 Å². The summed E-state index contributed by atoms with van der Waals surface area (Å²) in [5.74, 6) is -0.979. The Balaban J connectivity index is 1.40. The largest absolute Gasteiger partial charge is 0.610 e. The van der Waals surface area contributed by atoms with Gasteiger partial charge in [-0.25, -0.2) is 13.6 Å². The van der Waals surface area contributed by atoms with E-state index in [1.165, 1.54) is 18.4 Å². The van der Waals surface area contributed by atoms with E-state index in [-0.39, 0.29) is 52.9 Å². The van der Waals surface area contributed by atoms with Crippen molar-refractivity contribution in [2.75, 3.05) is 19.3 Å². The highest BCUT2D eigenvalue weighted by atomic mass is 32.2. The van der Waals surface area contributed by atoms with Crippen LogP contribution in [0.2, 0.25) is 0 Å². The van der Waals surface area contributed by atoms with E-state index in [9.17, 15) is 23.8 Å². The topological polar surface area (TPSA) is 115 Å². The van der Waals surface area contributed by atoms with Crippen molar-refractivity contribution in [3.05, 3.63) is 71.4 Å². The summed E-state index contributed by atoms with van der Waals surface area (Å²) in [6.07, 6.45) is 3.45. The Hall–Kier alpha value is -4.73. The van der Waals surface area contributed by atoms with Crippen molar-refractivity contribution in [1.82, 2.24) is 19.4 Å². The molecule has 1 aliphatic carbocycles. The SMILES string of the molecule is C[S+]([O-])c1nc2c(F)c(-c3cccc4ccc(F)cc34)c(CCC#N)cc2c2c1cc(CN1CCCC1=O)n2[C@H]1[C@@H]2C[C@H]1N(C(=O)OC(C)(C)C)C2. The van der Waals surface area contributed by atoms with Crippen molar-refractivity contribution in [3.8, 4) is 17.2 Å². The summed E-state index contributed by atoms with van der Waals surface area (Å²) >= 11 is -1.63. The number of amides is 2. The van der Waals surface area contributed by atoms with Gasteiger partial charge in [-0.1, -0.05) is 24.3 Å². The van der Waals surface area contributed by atoms with Crippen molar-refractivity contribution in [3.63, 3.8) is 0 Å². The highest BCUT2D eigenvalue weighted by Gasteiger charge is 2.56. The second-order valence-corrected chi connectivity index (χ2v) is 16.5. The van der Waals surface area contributed by atoms with Gasteiger partial charge in [0.25, 0.3) is 5.03 Å². The maximum absolute atomic E-state index is 17.5. The van der Waals surface area contributed by atoms with E-state index >= 15 is 4.39 Å². The average Bonchev–Trinajstić information content (AvgIpc) is 3.87. The second kappa shape index (κ2) is 12.7. The second-order valence-electron chi connectivity index (χ2n) is 15.2. The molecule has 5 aromatic rings. The Kier molecular flexibility index (Phi) is 8.42. The average molecular weight is 724 g/mol. The summed E-state index contributed by atoms with van der Waals surface area (Å²) in [6, 6.07) is 15.3. The Morgan fingerprint density at radius 2 is 1.94 bits per heavy atom. The molecule has 52 heavy (non-hydrogen) atoms. The van der Waals surface area contributed by atoms with Gasteiger partial charge in [0.2, 0.25) is 5.91 Å². The van der Waals surface area contributed by atoms with E-state index in [1.807, 2.05) is 43.9 Å². The number of pyridine rings is 1. The minimum absolute atomic E-state index is 0.0145. The van der Waals surface area contributed by atoms with Crippen LogP contribution in [0.1, 0.15) is 63.8 Å². The number of halogens is 2. The Morgan fingerprint density at radius 3 is 2.65 bits per heavy atom. The number of benzene rings is 3. The Bertz CT molecular complexity index is 2350. The van der Waals surface area contributed by atoms with E-state index in [0.717, 1.165) is 23.9 Å². The summed E-state index contributed by atoms with van der Waals surface area (Å²) in [5, 5.41) is 12.2. The predicted octanol–water partition coefficient (Wildman–Crippen LogP) is 7.78. The molecule has 9 nitrogen and oxygen atoms in total. The van der Waals surface area contributed by atoms with Crippen molar-refractivity contribution >= 4 is 55.8 Å². The van der Waals surface area contributed by atoms with Crippen LogP contribution in [-0.2, 0) is 33.7 Å². The summed E-state index contributed by atoms with van der Waals surface area (Å²) in [4.78, 5) is 34.7. The van der Waals surface area contributed by atoms with E-state index in [0.29, 0.717) is 58.9 Å². The lowest BCUT2D eigenvalue weighted by Gasteiger charge is -2.39. The van der Waals surface area contributed by atoms with Gasteiger partial charge in [0.05, 0.1) is 35.6 Å². The number of rotatable bonds is 7. The molecular weight excluding hydrogens is 685 g/mol. The molecule has 2 aromatic heterocycles. The van der Waals surface area contributed by atoms with Gasteiger partial charge >= 0.3 is 6.09 Å². The normalized spacial score (nSPS) is 20.6. The summed E-state index contributed by atoms with van der Waals surface area (Å²) in [6.45, 7) is 6.90. The third-order valence-electron chi connectivity index (χ3n) is 10.7. The number of aryl methyl sites for hydroxylation is 1. The number of carbonyl (C=O) groups excluding carboxylic acids is 2. The van der Waals surface area contributed by atoms with Crippen LogP contribution in [0, 0.1) is 28.9 Å². The molecule has 0 radical (unpaired) electrons. The molecule has 3 saturated heterocycles. The molecule has 268 valence electrons. The number of carbonyl (C=O) groups is 2. The first-order chi connectivity index (χ1) is 24.8. The van der Waals surface area contributed by atoms with Crippen molar-refractivity contribution in [2.45, 2.75) is 82.1 Å². The number of nitriles is 1. The third-order valence-corrected chi connectivity index (χ3v) is 11.6. The van der Waals surface area contributed by atoms with E-state index in [4.69, 9.17) is 9.72 Å². The van der Waals surface area contributed by atoms with E-state index in [2.05, 4.69) is 10.6 Å². The quantitative estimate of drug-likeness (QED) is 0.159. The molecule has 5 heterocycles. The number of ether oxygens (including phenoxy) is 1. The number of hydrogen-bond acceptors (Lipinski definition) is 6. The van der Waals surface area contributed by atoms with Gasteiger partial charge in [0.1, 0.15) is 23.2 Å². The van der Waals surface area contributed by atoms with Crippen LogP contribution in [0.3, 0.4) is 0 Å². The number of likely N-dealkylation sites (tertiary alicyclic amines) is 1. The number of fused-ring (bicyclic) bond motifs is 5. The maximum Gasteiger partial charge on any atom is 0.410 e. The Morgan fingerprint density at radius 1 is 1.13 bits per heavy atom. The van der Waals surface area contributed by atoms with Crippen LogP contribution in [0.15, 0.2) is 53.6 Å². The lowest BCUT2D eigenvalue weighted by atomic mass is 9.79. The summed E-state index contributed by atoms with van der Waals surface area (Å²) in [5.41, 5.74) is 2.03. The lowest BCUT2D eigenvalue weighted by molar-refractivity contribution is -0.128. The van der Waals surface area contributed by atoms with E-state index < -0.39 is 34.5 Å². The first kappa shape index (κ1) is 34.4. The highest BCUT2D eigenvalue weighted by Crippen LogP contribution is 2.53. The van der Waals surface area contributed by atoms with Gasteiger partial charge in [-0.15, -0.1) is 0 Å². The smallest absolute Gasteiger partial charge is 0.410 e. The van der Waals surface area contributed by atoms with Crippen LogP contribution >= 0.6 is 0 Å². The molecule has 0 N–H and O–H groups in total. The molecule has 4 aliphatic rings. The van der Waals surface area contributed by atoms with Gasteiger partial charge < -0.3 is 23.7 Å². The molecule has 3 aliphatic heterocycles. The number of nitrogens with zero attached hydrogens (tertiary/aromatic N) is 5. The zero-order valence-corrected chi connectivity index (χ0v) is 30.4. The third kappa shape index (κ3) is 5.65. The minimum Gasteiger partial charge on any atom is -0.610 e. The zero-order valence-electron chi connectivity index (χ0n) is 29.5. The zero-order chi connectivity index (χ0) is 36.6. The first-order valence-corrected chi connectivity index (χ1v) is 19.3. The molecule has 0 spiro atoms. The summed E-state index contributed by atoms with van der Waals surface area (Å²) in [7, 11) is 0. The fourth-order valence-electron chi connectivity index (χ4n) is 8.55. The molecule has 1 unspecified atom stereocenters. The highest BCUT2D eigenvalue weighted by molar-refractivity contribution is 7.90. The van der Waals surface area contributed by atoms with Gasteiger partial charge in [-0.2, -0.15) is 10.2 Å². The van der Waals surface area contributed by atoms with Crippen molar-refractivity contribution < 1.29 is 27.7 Å². The van der Waals surface area contributed by atoms with Gasteiger partial charge in [0, 0.05) is 59.7 Å². The fraction of sp³-hybridized carbons (Fsp3) is 0.400. The standard InChI is InChI=1S/C40H39F2N5O4S/c1-40(2,3)51-39(49)46-20-24-17-31(46)36(24)47-26(21-45-15-7-11-32(45)48)19-30-37(47)29-16-23(9-6-14-43)33(34(42)35(29)44-38(30)52(4)50)27-10-5-8-22-12-13-25(41)18-28(22)27/h5,8,10,12-13,16,18-19,24,31,36H,6-7,9,11,15,17,20-21H2,1-4H3/t24-,31-,36+,52?/m1/s1. The van der Waals surface area contributed by atoms with Crippen LogP contribution in [-0.4, -0.2) is 66.9 Å². The van der Waals surface area contributed by atoms with E-state index in [1.54, 1.807) is 23.1 Å². The van der Waals surface area contributed by atoms with Crippen LogP contribution < -0.4 is 0 Å². The molecule has 2 bridgehead atoms. The maximum atomic E-state index is 17.5. The fourth-order valence-corrected chi connectivity index (χ4v) is 9.24. The molecule has 2 amide bonds. The van der Waals surface area contributed by atoms with Crippen molar-refractivity contribution in [1.29, 1.82) is 5.26 Å². The molecule has 9 rings (SSSR count). The van der Waals surface area contributed by atoms with Gasteiger partial charge in [-0.05, 0) is 86.2 Å². The Labute approximate surface area is 303 Å². The van der Waals surface area contributed by atoms with Gasteiger partial charge in [0.15, 0.2) is 5.82 Å². The van der Waals surface area contributed by atoms with Crippen LogP contribution in [0.25, 0.3) is 43.7 Å². The number of aromatic nitrogens is 2. The van der Waals surface area contributed by atoms with Crippen LogP contribution in [0.4, 0.5) is 13.6 Å². The lowest BCUT2D eigenvalue weighted by Crippen LogP contribution is -2.44. The molecule has 4 fully saturated rings. The molecule has 1 saturated carbocycles. The minimum atomic E-state index is -1.63. The first-order valence-electron chi connectivity index (χ1n) is 17.7. The van der Waals surface area contributed by atoms with Crippen LogP contribution in [0.5, 0.6) is 0 Å². The molecule has 12 heteroatoms. The number of hydrogen-bond donors (Lipinski definition) is 0. The molecular formula is C40H39F2N5O4S.